The Morgan fingerprint density at radius 1 is 1.08 bits per heavy atom. The third kappa shape index (κ3) is 3.20. The van der Waals surface area contributed by atoms with Crippen LogP contribution in [0.25, 0.3) is 0 Å². The number of esters is 1. The first-order chi connectivity index (χ1) is 12.6. The Balaban J connectivity index is 1.57. The predicted molar refractivity (Wildman–Crippen MR) is 99.7 cm³/mol. The topological polar surface area (TPSA) is 59.2 Å². The molecule has 1 fully saturated rings. The molecule has 0 amide bonds. The minimum absolute atomic E-state index is 0.0174. The zero-order chi connectivity index (χ0) is 18.1. The van der Waals surface area contributed by atoms with Crippen LogP contribution in [0.15, 0.2) is 30.3 Å². The van der Waals surface area contributed by atoms with E-state index >= 15 is 0 Å². The molecule has 1 N–H and O–H groups in total. The van der Waals surface area contributed by atoms with Crippen molar-refractivity contribution in [3.63, 3.8) is 0 Å². The number of hydrogen-bond donors (Lipinski definition) is 1. The van der Waals surface area contributed by atoms with Crippen LogP contribution in [0, 0.1) is 6.92 Å². The van der Waals surface area contributed by atoms with E-state index in [0.29, 0.717) is 17.7 Å². The molecule has 26 heavy (non-hydrogen) atoms. The largest absolute Gasteiger partial charge is 0.458 e. The van der Waals surface area contributed by atoms with Gasteiger partial charge in [-0.2, -0.15) is 0 Å². The Hall–Kier alpha value is -2.36. The Morgan fingerprint density at radius 2 is 1.81 bits per heavy atom. The lowest BCUT2D eigenvalue weighted by molar-refractivity contribution is 0.0204. The molecule has 0 unspecified atom stereocenters. The first-order valence-corrected chi connectivity index (χ1v) is 9.64. The van der Waals surface area contributed by atoms with E-state index in [1.165, 1.54) is 12.0 Å². The van der Waals surface area contributed by atoms with Crippen LogP contribution in [0.5, 0.6) is 0 Å². The molecule has 1 heterocycles. The van der Waals surface area contributed by atoms with E-state index in [4.69, 9.17) is 4.74 Å². The number of benzene rings is 1. The highest BCUT2D eigenvalue weighted by Gasteiger charge is 2.32. The number of hydrogen-bond acceptors (Lipinski definition) is 3. The van der Waals surface area contributed by atoms with Crippen LogP contribution in [0.1, 0.15) is 82.1 Å². The maximum absolute atomic E-state index is 12.7. The van der Waals surface area contributed by atoms with Gasteiger partial charge in [-0.1, -0.05) is 36.8 Å². The molecule has 0 radical (unpaired) electrons. The molecule has 4 heteroatoms. The number of nitrogens with one attached hydrogen (secondary N) is 1. The van der Waals surface area contributed by atoms with Crippen LogP contribution in [-0.2, 0) is 11.2 Å². The van der Waals surface area contributed by atoms with Gasteiger partial charge < -0.3 is 9.72 Å². The summed E-state index contributed by atoms with van der Waals surface area (Å²) in [5, 5.41) is 0. The molecule has 136 valence electrons. The van der Waals surface area contributed by atoms with E-state index in [1.807, 2.05) is 25.1 Å². The summed E-state index contributed by atoms with van der Waals surface area (Å²) in [7, 11) is 0. The Morgan fingerprint density at radius 3 is 2.54 bits per heavy atom. The van der Waals surface area contributed by atoms with Crippen LogP contribution in [0.2, 0.25) is 0 Å². The number of ether oxygens (including phenoxy) is 1. The highest BCUT2D eigenvalue weighted by molar-refractivity contribution is 6.03. The number of aromatic amines is 1. The number of aromatic nitrogens is 1. The molecule has 0 bridgehead atoms. The van der Waals surface area contributed by atoms with Gasteiger partial charge in [-0.05, 0) is 56.1 Å². The first-order valence-electron chi connectivity index (χ1n) is 9.64. The van der Waals surface area contributed by atoms with Crippen LogP contribution in [0.3, 0.4) is 0 Å². The highest BCUT2D eigenvalue weighted by atomic mass is 16.5. The van der Waals surface area contributed by atoms with Crippen molar-refractivity contribution in [3.05, 3.63) is 58.4 Å². The van der Waals surface area contributed by atoms with E-state index in [2.05, 4.69) is 17.1 Å². The summed E-state index contributed by atoms with van der Waals surface area (Å²) in [6.07, 6.45) is 6.61. The van der Waals surface area contributed by atoms with E-state index in [1.54, 1.807) is 0 Å². The van der Waals surface area contributed by atoms with Crippen molar-refractivity contribution in [2.24, 2.45) is 0 Å². The molecule has 0 saturated heterocycles. The fraction of sp³-hybridized carbons (Fsp3) is 0.455. The van der Waals surface area contributed by atoms with Crippen molar-refractivity contribution in [2.75, 3.05) is 0 Å². The van der Waals surface area contributed by atoms with Crippen molar-refractivity contribution in [3.8, 4) is 0 Å². The molecule has 2 aliphatic carbocycles. The molecule has 1 saturated carbocycles. The van der Waals surface area contributed by atoms with Gasteiger partial charge in [0, 0.05) is 17.7 Å². The lowest BCUT2D eigenvalue weighted by Crippen LogP contribution is -2.21. The van der Waals surface area contributed by atoms with Crippen molar-refractivity contribution in [1.82, 2.24) is 4.98 Å². The van der Waals surface area contributed by atoms with Gasteiger partial charge >= 0.3 is 5.97 Å². The minimum Gasteiger partial charge on any atom is -0.458 e. The SMILES string of the molecule is Cc1c(C(=O)OC2CCCCC2)[nH]c2c1C(=O)C[C@@H](c1ccccc1)C2. The first kappa shape index (κ1) is 17.1. The van der Waals surface area contributed by atoms with E-state index < -0.39 is 0 Å². The van der Waals surface area contributed by atoms with Gasteiger partial charge in [0.2, 0.25) is 0 Å². The predicted octanol–water partition coefficient (Wildman–Crippen LogP) is 4.73. The summed E-state index contributed by atoms with van der Waals surface area (Å²) < 4.78 is 5.70. The number of ketones is 1. The molecule has 1 atom stereocenters. The standard InChI is InChI=1S/C22H25NO3/c1-14-20-18(12-16(13-19(20)24)15-8-4-2-5-9-15)23-21(14)22(25)26-17-10-6-3-7-11-17/h2,4-5,8-9,16-17,23H,3,6-7,10-13H2,1H3/t16-/m0/s1. The second-order valence-electron chi connectivity index (χ2n) is 7.58. The zero-order valence-electron chi connectivity index (χ0n) is 15.2. The lowest BCUT2D eigenvalue weighted by Gasteiger charge is -2.22. The van der Waals surface area contributed by atoms with Gasteiger partial charge in [0.25, 0.3) is 0 Å². The Labute approximate surface area is 154 Å². The molecular weight excluding hydrogens is 326 g/mol. The van der Waals surface area contributed by atoms with Gasteiger partial charge in [-0.25, -0.2) is 4.79 Å². The summed E-state index contributed by atoms with van der Waals surface area (Å²) in [5.74, 6) is -0.0325. The molecule has 0 spiro atoms. The molecule has 1 aromatic carbocycles. The summed E-state index contributed by atoms with van der Waals surface area (Å²) in [4.78, 5) is 28.6. The normalized spacial score (nSPS) is 20.7. The number of rotatable bonds is 3. The van der Waals surface area contributed by atoms with Crippen LogP contribution < -0.4 is 0 Å². The van der Waals surface area contributed by atoms with Gasteiger partial charge in [-0.3, -0.25) is 4.79 Å². The van der Waals surface area contributed by atoms with Crippen molar-refractivity contribution in [2.45, 2.75) is 63.9 Å². The number of Topliss-reactive ketones (excluding diaryl/α,β-unsaturated/α-hetero) is 1. The van der Waals surface area contributed by atoms with Crippen LogP contribution in [-0.4, -0.2) is 22.8 Å². The fourth-order valence-electron chi connectivity index (χ4n) is 4.39. The number of carbonyl (C=O) groups is 2. The third-order valence-corrected chi connectivity index (χ3v) is 5.79. The fourth-order valence-corrected chi connectivity index (χ4v) is 4.39. The van der Waals surface area contributed by atoms with Gasteiger partial charge in [0.15, 0.2) is 5.78 Å². The van der Waals surface area contributed by atoms with E-state index in [0.717, 1.165) is 43.4 Å². The number of fused-ring (bicyclic) bond motifs is 1. The smallest absolute Gasteiger partial charge is 0.355 e. The third-order valence-electron chi connectivity index (χ3n) is 5.79. The number of carbonyl (C=O) groups excluding carboxylic acids is 2. The molecule has 4 rings (SSSR count). The molecular formula is C22H25NO3. The summed E-state index contributed by atoms with van der Waals surface area (Å²) in [6.45, 7) is 1.85. The van der Waals surface area contributed by atoms with Gasteiger partial charge in [0.05, 0.1) is 0 Å². The van der Waals surface area contributed by atoms with E-state index in [-0.39, 0.29) is 23.8 Å². The van der Waals surface area contributed by atoms with Crippen molar-refractivity contribution in [1.29, 1.82) is 0 Å². The maximum atomic E-state index is 12.7. The summed E-state index contributed by atoms with van der Waals surface area (Å²) >= 11 is 0. The van der Waals surface area contributed by atoms with Crippen molar-refractivity contribution >= 4 is 11.8 Å². The average Bonchev–Trinajstić information content (AvgIpc) is 3.00. The molecule has 0 aliphatic heterocycles. The number of H-pyrrole nitrogens is 1. The minimum atomic E-state index is -0.312. The maximum Gasteiger partial charge on any atom is 0.355 e. The lowest BCUT2D eigenvalue weighted by atomic mass is 9.81. The summed E-state index contributed by atoms with van der Waals surface area (Å²) in [5.41, 5.74) is 3.96. The molecule has 2 aliphatic rings. The monoisotopic (exact) mass is 351 g/mol. The van der Waals surface area contributed by atoms with E-state index in [9.17, 15) is 9.59 Å². The quantitative estimate of drug-likeness (QED) is 0.814. The average molecular weight is 351 g/mol. The zero-order valence-corrected chi connectivity index (χ0v) is 15.2. The van der Waals surface area contributed by atoms with Crippen LogP contribution >= 0.6 is 0 Å². The second kappa shape index (κ2) is 7.10. The highest BCUT2D eigenvalue weighted by Crippen LogP contribution is 2.35. The molecule has 1 aromatic heterocycles. The van der Waals surface area contributed by atoms with Gasteiger partial charge in [-0.15, -0.1) is 0 Å². The molecule has 2 aromatic rings. The van der Waals surface area contributed by atoms with Gasteiger partial charge in [0.1, 0.15) is 11.8 Å². The summed E-state index contributed by atoms with van der Waals surface area (Å²) in [6, 6.07) is 10.1. The second-order valence-corrected chi connectivity index (χ2v) is 7.58. The Kier molecular flexibility index (Phi) is 4.66. The Bertz CT molecular complexity index is 815. The molecule has 4 nitrogen and oxygen atoms in total. The van der Waals surface area contributed by atoms with Crippen LogP contribution in [0.4, 0.5) is 0 Å². The van der Waals surface area contributed by atoms with Crippen molar-refractivity contribution < 1.29 is 14.3 Å².